The van der Waals surface area contributed by atoms with Gasteiger partial charge in [-0.25, -0.2) is 0 Å². The number of benzene rings is 1. The summed E-state index contributed by atoms with van der Waals surface area (Å²) in [5.41, 5.74) is 1.69. The summed E-state index contributed by atoms with van der Waals surface area (Å²) >= 11 is 0. The first kappa shape index (κ1) is 16.5. The van der Waals surface area contributed by atoms with Gasteiger partial charge < -0.3 is 18.9 Å². The van der Waals surface area contributed by atoms with Gasteiger partial charge in [-0.15, -0.1) is 0 Å². The Morgan fingerprint density at radius 3 is 2.83 bits per heavy atom. The van der Waals surface area contributed by atoms with Gasteiger partial charge in [0.15, 0.2) is 0 Å². The lowest BCUT2D eigenvalue weighted by atomic mass is 10.0. The third kappa shape index (κ3) is 3.14. The lowest BCUT2D eigenvalue weighted by molar-refractivity contribution is -0.0344. The van der Waals surface area contributed by atoms with E-state index < -0.39 is 5.60 Å². The van der Waals surface area contributed by atoms with Crippen molar-refractivity contribution in [2.24, 2.45) is 0 Å². The lowest BCUT2D eigenvalue weighted by Crippen LogP contribution is -2.42. The van der Waals surface area contributed by atoms with Crippen molar-refractivity contribution >= 4 is 5.91 Å². The number of rotatable bonds is 5. The van der Waals surface area contributed by atoms with Crippen LogP contribution in [-0.2, 0) is 4.74 Å². The van der Waals surface area contributed by atoms with Crippen LogP contribution in [0.25, 0.3) is 0 Å². The maximum atomic E-state index is 12.6. The Balaban J connectivity index is 1.68. The minimum atomic E-state index is -0.497. The summed E-state index contributed by atoms with van der Waals surface area (Å²) in [5, 5.41) is 3.77. The van der Waals surface area contributed by atoms with E-state index in [2.05, 4.69) is 5.16 Å². The number of carbonyl (C=O) groups excluding carboxylic acids is 1. The number of para-hydroxylation sites is 1. The van der Waals surface area contributed by atoms with E-state index in [4.69, 9.17) is 14.0 Å². The smallest absolute Gasteiger partial charge is 0.259 e. The molecule has 1 aromatic carbocycles. The van der Waals surface area contributed by atoms with E-state index in [0.29, 0.717) is 31.0 Å². The van der Waals surface area contributed by atoms with Crippen molar-refractivity contribution in [3.63, 3.8) is 0 Å². The highest BCUT2D eigenvalue weighted by Gasteiger charge is 2.42. The van der Waals surface area contributed by atoms with Crippen LogP contribution in [0.4, 0.5) is 0 Å². The van der Waals surface area contributed by atoms with E-state index in [0.717, 1.165) is 17.7 Å². The number of ether oxygens (including phenoxy) is 2. The van der Waals surface area contributed by atoms with E-state index in [1.165, 1.54) is 6.26 Å². The number of hydrogen-bond donors (Lipinski definition) is 0. The van der Waals surface area contributed by atoms with Gasteiger partial charge in [0.1, 0.15) is 29.8 Å². The Morgan fingerprint density at radius 2 is 2.17 bits per heavy atom. The average molecular weight is 330 g/mol. The maximum Gasteiger partial charge on any atom is 0.259 e. The van der Waals surface area contributed by atoms with Crippen molar-refractivity contribution in [3.05, 3.63) is 47.3 Å². The maximum absolute atomic E-state index is 12.6. The van der Waals surface area contributed by atoms with E-state index in [1.54, 1.807) is 18.9 Å². The molecule has 1 aliphatic rings. The van der Waals surface area contributed by atoms with Gasteiger partial charge in [-0.05, 0) is 31.9 Å². The Labute approximate surface area is 141 Å². The van der Waals surface area contributed by atoms with Crippen LogP contribution in [0.5, 0.6) is 5.75 Å². The van der Waals surface area contributed by atoms with Crippen LogP contribution in [0.2, 0.25) is 0 Å². The van der Waals surface area contributed by atoms with Gasteiger partial charge >= 0.3 is 0 Å². The Hall–Kier alpha value is -2.34. The molecule has 24 heavy (non-hydrogen) atoms. The van der Waals surface area contributed by atoms with Crippen molar-refractivity contribution in [1.82, 2.24) is 10.1 Å². The molecule has 1 unspecified atom stereocenters. The Morgan fingerprint density at radius 1 is 1.38 bits per heavy atom. The van der Waals surface area contributed by atoms with E-state index in [1.807, 2.05) is 31.2 Å². The summed E-state index contributed by atoms with van der Waals surface area (Å²) in [6, 6.07) is 7.87. The highest BCUT2D eigenvalue weighted by molar-refractivity contribution is 5.95. The first-order chi connectivity index (χ1) is 11.5. The minimum Gasteiger partial charge on any atom is -0.490 e. The lowest BCUT2D eigenvalue weighted by Gasteiger charge is -2.28. The number of nitrogens with zero attached hydrogens (tertiary/aromatic N) is 2. The molecule has 1 fully saturated rings. The number of hydrogen-bond acceptors (Lipinski definition) is 5. The van der Waals surface area contributed by atoms with Crippen LogP contribution >= 0.6 is 0 Å². The first-order valence-electron chi connectivity index (χ1n) is 7.98. The van der Waals surface area contributed by atoms with Gasteiger partial charge in [-0.3, -0.25) is 4.79 Å². The molecule has 0 spiro atoms. The summed E-state index contributed by atoms with van der Waals surface area (Å²) in [5.74, 6) is 0.761. The van der Waals surface area contributed by atoms with Crippen LogP contribution in [0.1, 0.15) is 28.0 Å². The molecular weight excluding hydrogens is 308 g/mol. The van der Waals surface area contributed by atoms with Gasteiger partial charge in [-0.2, -0.15) is 0 Å². The summed E-state index contributed by atoms with van der Waals surface area (Å²) in [4.78, 5) is 14.4. The van der Waals surface area contributed by atoms with Crippen molar-refractivity contribution in [2.75, 3.05) is 26.8 Å². The normalized spacial score (nSPS) is 20.4. The fourth-order valence-corrected chi connectivity index (χ4v) is 2.96. The van der Waals surface area contributed by atoms with Crippen LogP contribution < -0.4 is 4.74 Å². The SMILES string of the molecule is COC1(COc2ccccc2C)CCN(C(=O)c2conc2C)C1. The van der Waals surface area contributed by atoms with Crippen LogP contribution in [0.3, 0.4) is 0 Å². The molecule has 128 valence electrons. The highest BCUT2D eigenvalue weighted by atomic mass is 16.5. The van der Waals surface area contributed by atoms with Crippen LogP contribution in [0, 0.1) is 13.8 Å². The molecule has 0 bridgehead atoms. The number of methoxy groups -OCH3 is 1. The predicted octanol–water partition coefficient (Wildman–Crippen LogP) is 2.60. The highest BCUT2D eigenvalue weighted by Crippen LogP contribution is 2.28. The average Bonchev–Trinajstić information content (AvgIpc) is 3.21. The molecule has 1 aromatic heterocycles. The van der Waals surface area contributed by atoms with Crippen LogP contribution in [-0.4, -0.2) is 48.4 Å². The zero-order chi connectivity index (χ0) is 17.2. The van der Waals surface area contributed by atoms with Crippen molar-refractivity contribution < 1.29 is 18.8 Å². The van der Waals surface area contributed by atoms with Gasteiger partial charge in [0, 0.05) is 13.7 Å². The van der Waals surface area contributed by atoms with Gasteiger partial charge in [-0.1, -0.05) is 23.4 Å². The Bertz CT molecular complexity index is 727. The van der Waals surface area contributed by atoms with Gasteiger partial charge in [0.25, 0.3) is 5.91 Å². The van der Waals surface area contributed by atoms with Crippen molar-refractivity contribution in [3.8, 4) is 5.75 Å². The first-order valence-corrected chi connectivity index (χ1v) is 7.98. The van der Waals surface area contributed by atoms with E-state index >= 15 is 0 Å². The second-order valence-corrected chi connectivity index (χ2v) is 6.23. The number of amides is 1. The fraction of sp³-hybridized carbons (Fsp3) is 0.444. The second-order valence-electron chi connectivity index (χ2n) is 6.23. The van der Waals surface area contributed by atoms with Crippen molar-refractivity contribution in [2.45, 2.75) is 25.9 Å². The third-order valence-electron chi connectivity index (χ3n) is 4.60. The largest absolute Gasteiger partial charge is 0.490 e. The number of aromatic nitrogens is 1. The molecule has 2 aromatic rings. The van der Waals surface area contributed by atoms with Crippen LogP contribution in [0.15, 0.2) is 35.1 Å². The molecule has 0 saturated carbocycles. The summed E-state index contributed by atoms with van der Waals surface area (Å²) < 4.78 is 16.6. The minimum absolute atomic E-state index is 0.0800. The predicted molar refractivity (Wildman–Crippen MR) is 88.2 cm³/mol. The molecule has 1 amide bonds. The van der Waals surface area contributed by atoms with Gasteiger partial charge in [0.05, 0.1) is 12.2 Å². The standard InChI is InChI=1S/C18H22N2O4/c1-13-6-4-5-7-16(13)23-12-18(22-3)8-9-20(11-18)17(21)15-10-24-19-14(15)2/h4-7,10H,8-9,11-12H2,1-3H3. The van der Waals surface area contributed by atoms with Crippen molar-refractivity contribution in [1.29, 1.82) is 0 Å². The summed E-state index contributed by atoms with van der Waals surface area (Å²) in [7, 11) is 1.67. The fourth-order valence-electron chi connectivity index (χ4n) is 2.96. The quantitative estimate of drug-likeness (QED) is 0.843. The molecule has 0 aliphatic carbocycles. The molecule has 6 heteroatoms. The summed E-state index contributed by atoms with van der Waals surface area (Å²) in [6.45, 7) is 5.28. The monoisotopic (exact) mass is 330 g/mol. The molecule has 1 aliphatic heterocycles. The molecule has 3 rings (SSSR count). The molecule has 0 N–H and O–H groups in total. The second kappa shape index (κ2) is 6.65. The molecule has 2 heterocycles. The third-order valence-corrected chi connectivity index (χ3v) is 4.60. The zero-order valence-electron chi connectivity index (χ0n) is 14.2. The molecule has 6 nitrogen and oxygen atoms in total. The number of carbonyl (C=O) groups is 1. The zero-order valence-corrected chi connectivity index (χ0v) is 14.2. The molecule has 1 saturated heterocycles. The molecular formula is C18H22N2O4. The summed E-state index contributed by atoms with van der Waals surface area (Å²) in [6.07, 6.45) is 2.12. The topological polar surface area (TPSA) is 64.8 Å². The number of aryl methyl sites for hydroxylation is 2. The Kier molecular flexibility index (Phi) is 4.57. The molecule has 1 atom stereocenters. The van der Waals surface area contributed by atoms with Gasteiger partial charge in [0.2, 0.25) is 0 Å². The number of likely N-dealkylation sites (tertiary alicyclic amines) is 1. The molecule has 0 radical (unpaired) electrons. The van der Waals surface area contributed by atoms with E-state index in [-0.39, 0.29) is 5.91 Å². The van der Waals surface area contributed by atoms with E-state index in [9.17, 15) is 4.79 Å².